The minimum Gasteiger partial charge on any atom is -0.481 e. The van der Waals surface area contributed by atoms with Crippen LogP contribution in [0.15, 0.2) is 18.3 Å². The molecule has 0 saturated heterocycles. The van der Waals surface area contributed by atoms with E-state index in [2.05, 4.69) is 20.6 Å². The molecule has 0 radical (unpaired) electrons. The highest BCUT2D eigenvalue weighted by Crippen LogP contribution is 2.29. The number of anilines is 1. The molecule has 3 N–H and O–H groups in total. The van der Waals surface area contributed by atoms with E-state index in [0.717, 1.165) is 36.6 Å². The number of aliphatic hydroxyl groups is 1. The summed E-state index contributed by atoms with van der Waals surface area (Å²) < 4.78 is 5.70. The number of hydrogen-bond acceptors (Lipinski definition) is 6. The van der Waals surface area contributed by atoms with Crippen LogP contribution in [0.5, 0.6) is 5.75 Å². The second-order valence-corrected chi connectivity index (χ2v) is 6.45. The monoisotopic (exact) mass is 344 g/mol. The number of rotatable bonds is 5. The van der Waals surface area contributed by atoms with Crippen LogP contribution in [0.4, 0.5) is 5.95 Å². The molecule has 2 aromatic rings. The first-order valence-electron chi connectivity index (χ1n) is 8.61. The number of fused-ring (bicyclic) bond motifs is 1. The van der Waals surface area contributed by atoms with Crippen LogP contribution in [-0.4, -0.2) is 46.8 Å². The molecule has 0 atom stereocenters. The lowest BCUT2D eigenvalue weighted by Gasteiger charge is -2.26. The molecule has 0 bridgehead atoms. The van der Waals surface area contributed by atoms with E-state index in [1.807, 2.05) is 19.1 Å². The van der Waals surface area contributed by atoms with Crippen molar-refractivity contribution >= 4 is 22.8 Å². The van der Waals surface area contributed by atoms with Crippen molar-refractivity contribution in [3.63, 3.8) is 0 Å². The molecule has 1 heterocycles. The number of nitrogens with one attached hydrogen (secondary N) is 2. The van der Waals surface area contributed by atoms with Crippen molar-refractivity contribution in [2.75, 3.05) is 19.0 Å². The van der Waals surface area contributed by atoms with Crippen LogP contribution in [0.25, 0.3) is 10.9 Å². The fraction of sp³-hybridized carbons (Fsp3) is 0.500. The molecule has 1 saturated carbocycles. The number of carbonyl (C=O) groups excluding carboxylic acids is 1. The summed E-state index contributed by atoms with van der Waals surface area (Å²) in [5.74, 6) is 0.958. The van der Waals surface area contributed by atoms with Crippen molar-refractivity contribution in [2.45, 2.75) is 44.8 Å². The van der Waals surface area contributed by atoms with Crippen molar-refractivity contribution in [2.24, 2.45) is 0 Å². The molecular formula is C18H24N4O3. The number of benzene rings is 1. The number of hydrogen-bond donors (Lipinski definition) is 3. The Morgan fingerprint density at radius 1 is 1.32 bits per heavy atom. The van der Waals surface area contributed by atoms with E-state index in [4.69, 9.17) is 4.74 Å². The molecule has 0 aliphatic heterocycles. The third-order valence-corrected chi connectivity index (χ3v) is 4.56. The van der Waals surface area contributed by atoms with Gasteiger partial charge < -0.3 is 20.5 Å². The first kappa shape index (κ1) is 17.4. The molecular weight excluding hydrogens is 320 g/mol. The van der Waals surface area contributed by atoms with Crippen LogP contribution in [0.3, 0.4) is 0 Å². The van der Waals surface area contributed by atoms with Gasteiger partial charge in [-0.1, -0.05) is 12.1 Å². The first-order chi connectivity index (χ1) is 12.1. The molecule has 0 unspecified atom stereocenters. The molecule has 25 heavy (non-hydrogen) atoms. The number of carbonyl (C=O) groups is 1. The Bertz CT molecular complexity index is 757. The van der Waals surface area contributed by atoms with E-state index in [9.17, 15) is 9.90 Å². The summed E-state index contributed by atoms with van der Waals surface area (Å²) in [5.41, 5.74) is 1.61. The zero-order valence-corrected chi connectivity index (χ0v) is 14.6. The highest BCUT2D eigenvalue weighted by Gasteiger charge is 2.20. The van der Waals surface area contributed by atoms with E-state index >= 15 is 0 Å². The Balaban J connectivity index is 1.83. The van der Waals surface area contributed by atoms with Crippen LogP contribution in [-0.2, 0) is 4.79 Å². The third-order valence-electron chi connectivity index (χ3n) is 4.56. The molecule has 7 nitrogen and oxygen atoms in total. The first-order valence-corrected chi connectivity index (χ1v) is 8.61. The van der Waals surface area contributed by atoms with E-state index in [1.54, 1.807) is 13.2 Å². The van der Waals surface area contributed by atoms with Crippen LogP contribution in [0.1, 0.15) is 31.2 Å². The topological polar surface area (TPSA) is 96.4 Å². The number of nitrogens with zero attached hydrogens (tertiary/aromatic N) is 2. The predicted molar refractivity (Wildman–Crippen MR) is 95.7 cm³/mol. The van der Waals surface area contributed by atoms with E-state index in [1.165, 1.54) is 0 Å². The standard InChI is InChI=1S/C18H24N4O3/c1-11-3-4-12-9-20-18(21-13-5-7-14(23)8-6-13)22-16(12)17(11)25-10-15(24)19-2/h3-4,9,13-14,23H,5-8,10H2,1-2H3,(H,19,24)(H,20,21,22). The Morgan fingerprint density at radius 3 is 2.80 bits per heavy atom. The van der Waals surface area contributed by atoms with Gasteiger partial charge in [-0.2, -0.15) is 0 Å². The second-order valence-electron chi connectivity index (χ2n) is 6.45. The SMILES string of the molecule is CNC(=O)COc1c(C)ccc2cnc(NC3CCC(O)CC3)nc12. The van der Waals surface area contributed by atoms with Crippen molar-refractivity contribution in [3.05, 3.63) is 23.9 Å². The molecule has 1 aliphatic rings. The van der Waals surface area contributed by atoms with Gasteiger partial charge in [0.1, 0.15) is 11.3 Å². The van der Waals surface area contributed by atoms with Gasteiger partial charge in [-0.3, -0.25) is 4.79 Å². The number of ether oxygens (including phenoxy) is 1. The maximum absolute atomic E-state index is 11.5. The average molecular weight is 344 g/mol. The van der Waals surface area contributed by atoms with Gasteiger partial charge in [0.25, 0.3) is 5.91 Å². The maximum Gasteiger partial charge on any atom is 0.257 e. The number of aliphatic hydroxyl groups excluding tert-OH is 1. The second kappa shape index (κ2) is 7.65. The summed E-state index contributed by atoms with van der Waals surface area (Å²) >= 11 is 0. The quantitative estimate of drug-likeness (QED) is 0.765. The van der Waals surface area contributed by atoms with Gasteiger partial charge >= 0.3 is 0 Å². The van der Waals surface area contributed by atoms with Crippen LogP contribution >= 0.6 is 0 Å². The van der Waals surface area contributed by atoms with E-state index < -0.39 is 0 Å². The number of amides is 1. The van der Waals surface area contributed by atoms with Gasteiger partial charge in [0, 0.05) is 24.7 Å². The zero-order valence-electron chi connectivity index (χ0n) is 14.6. The third kappa shape index (κ3) is 4.17. The zero-order chi connectivity index (χ0) is 17.8. The lowest BCUT2D eigenvalue weighted by Crippen LogP contribution is -2.29. The number of aryl methyl sites for hydroxylation is 1. The predicted octanol–water partition coefficient (Wildman–Crippen LogP) is 1.78. The largest absolute Gasteiger partial charge is 0.481 e. The fourth-order valence-corrected chi connectivity index (χ4v) is 3.04. The number of aromatic nitrogens is 2. The fourth-order valence-electron chi connectivity index (χ4n) is 3.04. The Kier molecular flexibility index (Phi) is 5.33. The van der Waals surface area contributed by atoms with Crippen LogP contribution < -0.4 is 15.4 Å². The lowest BCUT2D eigenvalue weighted by molar-refractivity contribution is -0.122. The lowest BCUT2D eigenvalue weighted by atomic mass is 9.93. The Labute approximate surface area is 146 Å². The van der Waals surface area contributed by atoms with Crippen LogP contribution in [0, 0.1) is 6.92 Å². The molecule has 1 aromatic carbocycles. The molecule has 134 valence electrons. The van der Waals surface area contributed by atoms with Gasteiger partial charge in [-0.15, -0.1) is 0 Å². The van der Waals surface area contributed by atoms with Crippen molar-refractivity contribution in [1.29, 1.82) is 0 Å². The van der Waals surface area contributed by atoms with Crippen molar-refractivity contribution in [3.8, 4) is 5.75 Å². The minimum atomic E-state index is -0.192. The van der Waals surface area contributed by atoms with Gasteiger partial charge in [-0.05, 0) is 38.2 Å². The molecule has 1 amide bonds. The summed E-state index contributed by atoms with van der Waals surface area (Å²) in [6.07, 6.45) is 4.96. The highest BCUT2D eigenvalue weighted by molar-refractivity contribution is 5.86. The van der Waals surface area contributed by atoms with Crippen molar-refractivity contribution < 1.29 is 14.6 Å². The molecule has 1 fully saturated rings. The number of likely N-dealkylation sites (N-methyl/N-ethyl adjacent to an activating group) is 1. The van der Waals surface area contributed by atoms with E-state index in [0.29, 0.717) is 17.2 Å². The normalized spacial score (nSPS) is 20.3. The average Bonchev–Trinajstić information content (AvgIpc) is 2.62. The van der Waals surface area contributed by atoms with Gasteiger partial charge in [0.05, 0.1) is 6.10 Å². The smallest absolute Gasteiger partial charge is 0.257 e. The summed E-state index contributed by atoms with van der Waals surface area (Å²) in [7, 11) is 1.58. The molecule has 1 aliphatic carbocycles. The summed E-state index contributed by atoms with van der Waals surface area (Å²) in [5, 5.41) is 16.4. The van der Waals surface area contributed by atoms with Gasteiger partial charge in [0.15, 0.2) is 6.61 Å². The summed E-state index contributed by atoms with van der Waals surface area (Å²) in [6.45, 7) is 1.88. The van der Waals surface area contributed by atoms with Crippen LogP contribution in [0.2, 0.25) is 0 Å². The summed E-state index contributed by atoms with van der Waals surface area (Å²) in [4.78, 5) is 20.5. The van der Waals surface area contributed by atoms with Crippen molar-refractivity contribution in [1.82, 2.24) is 15.3 Å². The molecule has 7 heteroatoms. The Morgan fingerprint density at radius 2 is 2.08 bits per heavy atom. The Hall–Kier alpha value is -2.41. The molecule has 1 aromatic heterocycles. The summed E-state index contributed by atoms with van der Waals surface area (Å²) in [6, 6.07) is 4.14. The molecule has 3 rings (SSSR count). The van der Waals surface area contributed by atoms with Gasteiger partial charge in [0.2, 0.25) is 5.95 Å². The molecule has 0 spiro atoms. The maximum atomic E-state index is 11.5. The highest BCUT2D eigenvalue weighted by atomic mass is 16.5. The minimum absolute atomic E-state index is 0.0519. The van der Waals surface area contributed by atoms with E-state index in [-0.39, 0.29) is 24.7 Å². The van der Waals surface area contributed by atoms with Gasteiger partial charge in [-0.25, -0.2) is 9.97 Å².